The van der Waals surface area contributed by atoms with Crippen molar-refractivity contribution in [2.24, 2.45) is 5.92 Å². The summed E-state index contributed by atoms with van der Waals surface area (Å²) in [6, 6.07) is 0.419. The molecule has 0 spiro atoms. The molecule has 16 heavy (non-hydrogen) atoms. The van der Waals surface area contributed by atoms with E-state index in [1.807, 2.05) is 0 Å². The number of hydrogen-bond acceptors (Lipinski definition) is 1. The molecule has 0 aromatic heterocycles. The van der Waals surface area contributed by atoms with Crippen molar-refractivity contribution in [3.8, 4) is 0 Å². The van der Waals surface area contributed by atoms with Gasteiger partial charge >= 0.3 is 0 Å². The van der Waals surface area contributed by atoms with E-state index in [2.05, 4.69) is 19.2 Å². The summed E-state index contributed by atoms with van der Waals surface area (Å²) in [6.07, 6.45) is 7.28. The number of rotatable bonds is 6. The largest absolute Gasteiger partial charge is 0.314 e. The van der Waals surface area contributed by atoms with Gasteiger partial charge < -0.3 is 5.32 Å². The van der Waals surface area contributed by atoms with Crippen LogP contribution in [0.4, 0.5) is 4.39 Å². The summed E-state index contributed by atoms with van der Waals surface area (Å²) in [7, 11) is 0. The number of alkyl halides is 1. The number of hydrogen-bond donors (Lipinski definition) is 1. The Morgan fingerprint density at radius 3 is 2.69 bits per heavy atom. The minimum Gasteiger partial charge on any atom is -0.314 e. The molecule has 2 heteroatoms. The van der Waals surface area contributed by atoms with Crippen LogP contribution in [0.25, 0.3) is 0 Å². The molecule has 96 valence electrons. The summed E-state index contributed by atoms with van der Waals surface area (Å²) >= 11 is 0. The highest BCUT2D eigenvalue weighted by atomic mass is 19.1. The van der Waals surface area contributed by atoms with E-state index in [0.717, 1.165) is 32.2 Å². The lowest BCUT2D eigenvalue weighted by Crippen LogP contribution is -2.39. The Hall–Kier alpha value is -0.110. The Morgan fingerprint density at radius 2 is 2.12 bits per heavy atom. The first kappa shape index (κ1) is 14.0. The molecule has 1 fully saturated rings. The first-order valence-electron chi connectivity index (χ1n) is 6.92. The Morgan fingerprint density at radius 1 is 1.38 bits per heavy atom. The SMILES string of the molecule is CC(C)CCCC(C)(F)CC1CCCCN1. The third kappa shape index (κ3) is 5.83. The van der Waals surface area contributed by atoms with Crippen LogP contribution in [-0.2, 0) is 0 Å². The molecule has 0 aliphatic carbocycles. The van der Waals surface area contributed by atoms with Crippen molar-refractivity contribution in [2.45, 2.75) is 77.4 Å². The van der Waals surface area contributed by atoms with Gasteiger partial charge in [0.25, 0.3) is 0 Å². The zero-order valence-corrected chi connectivity index (χ0v) is 11.2. The molecule has 1 aliphatic heterocycles. The van der Waals surface area contributed by atoms with Crippen molar-refractivity contribution in [3.05, 3.63) is 0 Å². The molecule has 0 radical (unpaired) electrons. The highest BCUT2D eigenvalue weighted by Crippen LogP contribution is 2.27. The smallest absolute Gasteiger partial charge is 0.109 e. The van der Waals surface area contributed by atoms with Crippen LogP contribution in [0.2, 0.25) is 0 Å². The Kier molecular flexibility index (Phi) is 5.74. The van der Waals surface area contributed by atoms with Gasteiger partial charge in [-0.05, 0) is 45.1 Å². The van der Waals surface area contributed by atoms with Crippen LogP contribution in [0.5, 0.6) is 0 Å². The quantitative estimate of drug-likeness (QED) is 0.724. The van der Waals surface area contributed by atoms with E-state index in [9.17, 15) is 4.39 Å². The molecule has 0 bridgehead atoms. The minimum absolute atomic E-state index is 0.419. The van der Waals surface area contributed by atoms with Gasteiger partial charge in [-0.3, -0.25) is 0 Å². The normalized spacial score (nSPS) is 25.7. The van der Waals surface area contributed by atoms with E-state index in [-0.39, 0.29) is 0 Å². The van der Waals surface area contributed by atoms with Gasteiger partial charge in [0.1, 0.15) is 5.67 Å². The maximum atomic E-state index is 14.3. The molecule has 1 saturated heterocycles. The maximum absolute atomic E-state index is 14.3. The molecule has 0 aromatic rings. The molecule has 1 nitrogen and oxygen atoms in total. The highest BCUT2D eigenvalue weighted by Gasteiger charge is 2.27. The monoisotopic (exact) mass is 229 g/mol. The molecule has 0 saturated carbocycles. The Labute approximate surface area is 100 Å². The number of halogens is 1. The average Bonchev–Trinajstić information content (AvgIpc) is 2.17. The topological polar surface area (TPSA) is 12.0 Å². The fourth-order valence-electron chi connectivity index (χ4n) is 2.59. The Balaban J connectivity index is 2.21. The molecule has 1 heterocycles. The van der Waals surface area contributed by atoms with Crippen LogP contribution in [-0.4, -0.2) is 18.3 Å². The van der Waals surface area contributed by atoms with Crippen LogP contribution in [0.3, 0.4) is 0 Å². The lowest BCUT2D eigenvalue weighted by atomic mass is 9.88. The molecule has 2 atom stereocenters. The van der Waals surface area contributed by atoms with Gasteiger partial charge in [-0.2, -0.15) is 0 Å². The third-order valence-corrected chi connectivity index (χ3v) is 3.56. The predicted molar refractivity (Wildman–Crippen MR) is 68.5 cm³/mol. The number of nitrogens with one attached hydrogen (secondary N) is 1. The molecule has 1 N–H and O–H groups in total. The minimum atomic E-state index is -0.968. The molecular weight excluding hydrogens is 201 g/mol. The highest BCUT2D eigenvalue weighted by molar-refractivity contribution is 4.83. The fourth-order valence-corrected chi connectivity index (χ4v) is 2.59. The van der Waals surface area contributed by atoms with Crippen LogP contribution in [0.15, 0.2) is 0 Å². The van der Waals surface area contributed by atoms with E-state index in [4.69, 9.17) is 0 Å². The summed E-state index contributed by atoms with van der Waals surface area (Å²) in [5, 5.41) is 3.43. The predicted octanol–water partition coefficient (Wildman–Crippen LogP) is 4.07. The summed E-state index contributed by atoms with van der Waals surface area (Å²) in [6.45, 7) is 7.27. The van der Waals surface area contributed by atoms with Crippen LogP contribution in [0.1, 0.15) is 65.7 Å². The second kappa shape index (κ2) is 6.58. The van der Waals surface area contributed by atoms with E-state index >= 15 is 0 Å². The average molecular weight is 229 g/mol. The molecule has 0 amide bonds. The molecule has 0 aromatic carbocycles. The van der Waals surface area contributed by atoms with Crippen molar-refractivity contribution in [1.82, 2.24) is 5.32 Å². The summed E-state index contributed by atoms with van der Waals surface area (Å²) in [4.78, 5) is 0. The van der Waals surface area contributed by atoms with Crippen molar-refractivity contribution in [2.75, 3.05) is 6.54 Å². The second-order valence-electron chi connectivity index (χ2n) is 6.05. The van der Waals surface area contributed by atoms with E-state index in [1.54, 1.807) is 6.92 Å². The number of piperidine rings is 1. The first-order chi connectivity index (χ1) is 7.49. The zero-order valence-electron chi connectivity index (χ0n) is 11.2. The van der Waals surface area contributed by atoms with Crippen LogP contribution in [0, 0.1) is 5.92 Å². The maximum Gasteiger partial charge on any atom is 0.109 e. The first-order valence-corrected chi connectivity index (χ1v) is 6.92. The summed E-state index contributed by atoms with van der Waals surface area (Å²) in [5.74, 6) is 0.698. The second-order valence-corrected chi connectivity index (χ2v) is 6.05. The van der Waals surface area contributed by atoms with Gasteiger partial charge in [0.2, 0.25) is 0 Å². The van der Waals surface area contributed by atoms with Gasteiger partial charge in [0.05, 0.1) is 0 Å². The van der Waals surface area contributed by atoms with Gasteiger partial charge in [-0.25, -0.2) is 4.39 Å². The molecule has 1 rings (SSSR count). The lowest BCUT2D eigenvalue weighted by Gasteiger charge is -2.30. The van der Waals surface area contributed by atoms with E-state index < -0.39 is 5.67 Å². The summed E-state index contributed by atoms with van der Waals surface area (Å²) < 4.78 is 14.3. The molecule has 1 aliphatic rings. The van der Waals surface area contributed by atoms with Crippen LogP contribution < -0.4 is 5.32 Å². The van der Waals surface area contributed by atoms with Gasteiger partial charge in [0, 0.05) is 6.04 Å². The van der Waals surface area contributed by atoms with Crippen molar-refractivity contribution in [3.63, 3.8) is 0 Å². The van der Waals surface area contributed by atoms with E-state index in [0.29, 0.717) is 18.4 Å². The van der Waals surface area contributed by atoms with Crippen LogP contribution >= 0.6 is 0 Å². The zero-order chi connectivity index (χ0) is 12.0. The van der Waals surface area contributed by atoms with Gasteiger partial charge in [-0.15, -0.1) is 0 Å². The molecule has 2 unspecified atom stereocenters. The van der Waals surface area contributed by atoms with E-state index in [1.165, 1.54) is 12.8 Å². The van der Waals surface area contributed by atoms with Gasteiger partial charge in [0.15, 0.2) is 0 Å². The summed E-state index contributed by atoms with van der Waals surface area (Å²) in [5.41, 5.74) is -0.968. The van der Waals surface area contributed by atoms with Crippen molar-refractivity contribution >= 4 is 0 Å². The molecular formula is C14H28FN. The lowest BCUT2D eigenvalue weighted by molar-refractivity contribution is 0.129. The third-order valence-electron chi connectivity index (χ3n) is 3.56. The van der Waals surface area contributed by atoms with Gasteiger partial charge in [-0.1, -0.05) is 33.1 Å². The standard InChI is InChI=1S/C14H28FN/c1-12(2)7-6-9-14(3,15)11-13-8-4-5-10-16-13/h12-13,16H,4-11H2,1-3H3. The Bertz CT molecular complexity index is 183. The fraction of sp³-hybridized carbons (Fsp3) is 1.00. The van der Waals surface area contributed by atoms with Crippen molar-refractivity contribution < 1.29 is 4.39 Å². The van der Waals surface area contributed by atoms with Crippen molar-refractivity contribution in [1.29, 1.82) is 0 Å².